The molecule has 0 spiro atoms. The molecule has 1 amide bonds. The van der Waals surface area contributed by atoms with Crippen molar-refractivity contribution >= 4 is 43.4 Å². The Morgan fingerprint density at radius 1 is 1.28 bits per heavy atom. The van der Waals surface area contributed by atoms with Gasteiger partial charge in [0.2, 0.25) is 5.28 Å². The Morgan fingerprint density at radius 2 is 1.97 bits per heavy atom. The monoisotopic (exact) mass is 495 g/mol. The van der Waals surface area contributed by atoms with Crippen LogP contribution in [0.3, 0.4) is 0 Å². The number of benzene rings is 1. The van der Waals surface area contributed by atoms with Gasteiger partial charge in [-0.3, -0.25) is 4.79 Å². The van der Waals surface area contributed by atoms with Crippen LogP contribution >= 0.6 is 23.2 Å². The normalized spacial score (nSPS) is 15.0. The number of aromatic nitrogens is 2. The maximum Gasteiger partial charge on any atom is 0.330 e. The number of fused-ring (bicyclic) bond motifs is 1. The van der Waals surface area contributed by atoms with E-state index in [1.165, 1.54) is 18.2 Å². The second kappa shape index (κ2) is 9.09. The predicted molar refractivity (Wildman–Crippen MR) is 126 cm³/mol. The number of carbonyl (C=O) groups excluding carboxylic acids is 2. The summed E-state index contributed by atoms with van der Waals surface area (Å²) in [5, 5.41) is 0.358. The van der Waals surface area contributed by atoms with E-state index in [1.807, 2.05) is 12.1 Å². The molecule has 7 nitrogen and oxygen atoms in total. The highest BCUT2D eigenvalue weighted by Crippen LogP contribution is 2.37. The highest BCUT2D eigenvalue weighted by Gasteiger charge is 2.42. The van der Waals surface area contributed by atoms with E-state index in [1.54, 1.807) is 6.07 Å². The predicted octanol–water partition coefficient (Wildman–Crippen LogP) is 4.97. The first kappa shape index (κ1) is 24.6. The van der Waals surface area contributed by atoms with Crippen LogP contribution in [-0.4, -0.2) is 54.8 Å². The minimum atomic E-state index is -2.13. The molecule has 0 fully saturated rings. The van der Waals surface area contributed by atoms with Gasteiger partial charge in [-0.25, -0.2) is 14.8 Å². The molecule has 172 valence electrons. The molecule has 1 aromatic carbocycles. The van der Waals surface area contributed by atoms with Crippen LogP contribution < -0.4 is 0 Å². The molecule has 0 bridgehead atoms. The minimum absolute atomic E-state index is 0.0291. The van der Waals surface area contributed by atoms with Crippen molar-refractivity contribution < 1.29 is 18.8 Å². The third-order valence-electron chi connectivity index (χ3n) is 6.19. The largest absolute Gasteiger partial charge is 0.467 e. The number of amides is 1. The second-order valence-electron chi connectivity index (χ2n) is 9.25. The van der Waals surface area contributed by atoms with Crippen LogP contribution in [0.15, 0.2) is 24.4 Å². The molecule has 32 heavy (non-hydrogen) atoms. The zero-order valence-electron chi connectivity index (χ0n) is 19.0. The SMILES string of the molecule is COC(=O)C(CO[Si](C)(C)C(C)(C)C)N1Cc2ccc(-c3nc(Cl)ncc3Cl)cc2C1=O. The quantitative estimate of drug-likeness (QED) is 0.319. The molecule has 10 heteroatoms. The molecule has 1 aliphatic heterocycles. The molecule has 1 aromatic heterocycles. The Hall–Kier alpha value is -2.00. The van der Waals surface area contributed by atoms with Crippen LogP contribution in [0, 0.1) is 0 Å². The Balaban J connectivity index is 1.89. The van der Waals surface area contributed by atoms with Gasteiger partial charge in [0.05, 0.1) is 30.6 Å². The number of hydrogen-bond acceptors (Lipinski definition) is 6. The smallest absolute Gasteiger partial charge is 0.330 e. The van der Waals surface area contributed by atoms with Gasteiger partial charge in [0.25, 0.3) is 5.91 Å². The fraction of sp³-hybridized carbons (Fsp3) is 0.455. The van der Waals surface area contributed by atoms with Crippen LogP contribution in [0.5, 0.6) is 0 Å². The molecule has 0 N–H and O–H groups in total. The van der Waals surface area contributed by atoms with Crippen molar-refractivity contribution in [3.05, 3.63) is 45.8 Å². The van der Waals surface area contributed by atoms with E-state index in [-0.39, 0.29) is 29.4 Å². The van der Waals surface area contributed by atoms with E-state index in [2.05, 4.69) is 43.8 Å². The van der Waals surface area contributed by atoms with Crippen molar-refractivity contribution in [2.75, 3.05) is 13.7 Å². The van der Waals surface area contributed by atoms with E-state index >= 15 is 0 Å². The molecule has 1 atom stereocenters. The molecule has 2 aromatic rings. The third-order valence-corrected chi connectivity index (χ3v) is 11.1. The zero-order valence-corrected chi connectivity index (χ0v) is 21.5. The fourth-order valence-corrected chi connectivity index (χ4v) is 4.54. The maximum absolute atomic E-state index is 13.3. The van der Waals surface area contributed by atoms with Crippen LogP contribution in [0.4, 0.5) is 0 Å². The number of ether oxygens (including phenoxy) is 1. The van der Waals surface area contributed by atoms with Gasteiger partial charge < -0.3 is 14.1 Å². The molecular weight excluding hydrogens is 469 g/mol. The van der Waals surface area contributed by atoms with E-state index in [4.69, 9.17) is 32.4 Å². The molecule has 0 saturated heterocycles. The summed E-state index contributed by atoms with van der Waals surface area (Å²) in [6, 6.07) is 4.53. The number of carbonyl (C=O) groups is 2. The highest BCUT2D eigenvalue weighted by molar-refractivity contribution is 6.74. The van der Waals surface area contributed by atoms with E-state index in [0.29, 0.717) is 21.8 Å². The first-order chi connectivity index (χ1) is 14.9. The van der Waals surface area contributed by atoms with Crippen LogP contribution in [0.2, 0.25) is 28.4 Å². The van der Waals surface area contributed by atoms with E-state index in [9.17, 15) is 9.59 Å². The Kier molecular flexibility index (Phi) is 7.00. The van der Waals surface area contributed by atoms with Crippen LogP contribution in [0.25, 0.3) is 11.3 Å². The molecule has 1 unspecified atom stereocenters. The summed E-state index contributed by atoms with van der Waals surface area (Å²) in [7, 11) is -0.817. The van der Waals surface area contributed by atoms with E-state index < -0.39 is 20.3 Å². The van der Waals surface area contributed by atoms with Crippen LogP contribution in [0.1, 0.15) is 36.7 Å². The van der Waals surface area contributed by atoms with E-state index in [0.717, 1.165) is 5.56 Å². The molecule has 1 aliphatic rings. The Bertz CT molecular complexity index is 1060. The molecule has 3 rings (SSSR count). The third kappa shape index (κ3) is 4.83. The number of nitrogens with zero attached hydrogens (tertiary/aromatic N) is 3. The molecular formula is C22H27Cl2N3O4Si. The van der Waals surface area contributed by atoms with Crippen molar-refractivity contribution in [3.63, 3.8) is 0 Å². The van der Waals surface area contributed by atoms with Crippen molar-refractivity contribution in [2.24, 2.45) is 0 Å². The van der Waals surface area contributed by atoms with Crippen molar-refractivity contribution in [3.8, 4) is 11.3 Å². The second-order valence-corrected chi connectivity index (χ2v) is 14.8. The number of esters is 1. The summed E-state index contributed by atoms with van der Waals surface area (Å²) < 4.78 is 11.3. The number of halogens is 2. The lowest BCUT2D eigenvalue weighted by molar-refractivity contribution is -0.147. The lowest BCUT2D eigenvalue weighted by Crippen LogP contribution is -2.49. The summed E-state index contributed by atoms with van der Waals surface area (Å²) in [5.74, 6) is -0.775. The number of methoxy groups -OCH3 is 1. The van der Waals surface area contributed by atoms with Gasteiger partial charge in [-0.1, -0.05) is 44.5 Å². The van der Waals surface area contributed by atoms with Gasteiger partial charge in [-0.2, -0.15) is 0 Å². The average Bonchev–Trinajstić information content (AvgIpc) is 3.04. The summed E-state index contributed by atoms with van der Waals surface area (Å²) >= 11 is 12.1. The minimum Gasteiger partial charge on any atom is -0.467 e. The Morgan fingerprint density at radius 3 is 2.59 bits per heavy atom. The lowest BCUT2D eigenvalue weighted by Gasteiger charge is -2.38. The fourth-order valence-electron chi connectivity index (χ4n) is 3.20. The van der Waals surface area contributed by atoms with Gasteiger partial charge in [-0.15, -0.1) is 0 Å². The standard InChI is InChI=1S/C22H27Cl2N3O4Si/c1-22(2,3)32(5,6)31-12-17(20(29)30-4)27-11-14-8-7-13(9-15(14)19(27)28)18-16(23)10-25-21(24)26-18/h7-10,17H,11-12H2,1-6H3. The van der Waals surface area contributed by atoms with Gasteiger partial charge in [0.1, 0.15) is 0 Å². The topological polar surface area (TPSA) is 81.6 Å². The summed E-state index contributed by atoms with van der Waals surface area (Å²) in [5.41, 5.74) is 2.36. The molecule has 0 aliphatic carbocycles. The number of hydrogen-bond donors (Lipinski definition) is 0. The number of rotatable bonds is 6. The zero-order chi connectivity index (χ0) is 23.8. The van der Waals surface area contributed by atoms with Gasteiger partial charge in [0, 0.05) is 17.7 Å². The first-order valence-electron chi connectivity index (χ1n) is 10.2. The first-order valence-corrected chi connectivity index (χ1v) is 13.9. The molecule has 0 saturated carbocycles. The summed E-state index contributed by atoms with van der Waals surface area (Å²) in [6.07, 6.45) is 1.42. The van der Waals surface area contributed by atoms with Crippen molar-refractivity contribution in [2.45, 2.75) is 51.5 Å². The lowest BCUT2D eigenvalue weighted by atomic mass is 10.0. The summed E-state index contributed by atoms with van der Waals surface area (Å²) in [6.45, 7) is 10.9. The van der Waals surface area contributed by atoms with Gasteiger partial charge in [0.15, 0.2) is 14.4 Å². The van der Waals surface area contributed by atoms with Crippen molar-refractivity contribution in [1.29, 1.82) is 0 Å². The average molecular weight is 496 g/mol. The maximum atomic E-state index is 13.3. The summed E-state index contributed by atoms with van der Waals surface area (Å²) in [4.78, 5) is 35.4. The van der Waals surface area contributed by atoms with Crippen molar-refractivity contribution in [1.82, 2.24) is 14.9 Å². The molecule has 0 radical (unpaired) electrons. The van der Waals surface area contributed by atoms with Crippen LogP contribution in [-0.2, 0) is 20.5 Å². The van der Waals surface area contributed by atoms with Gasteiger partial charge in [-0.05, 0) is 41.4 Å². The van der Waals surface area contributed by atoms with Gasteiger partial charge >= 0.3 is 5.97 Å². The highest BCUT2D eigenvalue weighted by atomic mass is 35.5. The Labute approximate surface area is 199 Å². The molecule has 2 heterocycles.